The van der Waals surface area contributed by atoms with Crippen molar-refractivity contribution in [2.24, 2.45) is 0 Å². The Kier molecular flexibility index (Phi) is 5.39. The number of anilines is 1. The molecule has 0 spiro atoms. The fourth-order valence-corrected chi connectivity index (χ4v) is 2.98. The standard InChI is InChI=1S/C24H22N2O4/c1-3-15(2)29-18-11-8-16(9-12-18)23(28)25-17-10-13-21(27)19(14-17)24-26-20-6-4-5-7-22(20)30-24/h4-15,27H,3H2,1-2H3,(H,25,28)/t15-/m1/s1. The van der Waals surface area contributed by atoms with Gasteiger partial charge in [0.1, 0.15) is 17.0 Å². The topological polar surface area (TPSA) is 84.6 Å². The minimum Gasteiger partial charge on any atom is -0.507 e. The van der Waals surface area contributed by atoms with E-state index in [1.165, 1.54) is 6.07 Å². The highest BCUT2D eigenvalue weighted by molar-refractivity contribution is 6.04. The number of phenols is 1. The van der Waals surface area contributed by atoms with Gasteiger partial charge in [-0.15, -0.1) is 0 Å². The van der Waals surface area contributed by atoms with Gasteiger partial charge in [0, 0.05) is 11.3 Å². The van der Waals surface area contributed by atoms with E-state index in [2.05, 4.69) is 17.2 Å². The Hall–Kier alpha value is -3.80. The number of aromatic nitrogens is 1. The summed E-state index contributed by atoms with van der Waals surface area (Å²) in [4.78, 5) is 17.0. The van der Waals surface area contributed by atoms with E-state index < -0.39 is 0 Å². The number of hydrogen-bond acceptors (Lipinski definition) is 5. The lowest BCUT2D eigenvalue weighted by atomic mass is 10.1. The van der Waals surface area contributed by atoms with Crippen molar-refractivity contribution in [3.63, 3.8) is 0 Å². The molecule has 0 saturated carbocycles. The van der Waals surface area contributed by atoms with E-state index in [0.29, 0.717) is 27.9 Å². The molecule has 30 heavy (non-hydrogen) atoms. The van der Waals surface area contributed by atoms with E-state index >= 15 is 0 Å². The molecule has 1 heterocycles. The van der Waals surface area contributed by atoms with Crippen molar-refractivity contribution in [3.8, 4) is 23.0 Å². The first kappa shape index (κ1) is 19.5. The van der Waals surface area contributed by atoms with Crippen molar-refractivity contribution in [2.45, 2.75) is 26.4 Å². The minimum absolute atomic E-state index is 0.0195. The first-order valence-corrected chi connectivity index (χ1v) is 9.80. The summed E-state index contributed by atoms with van der Waals surface area (Å²) in [5, 5.41) is 13.1. The van der Waals surface area contributed by atoms with Gasteiger partial charge < -0.3 is 19.6 Å². The lowest BCUT2D eigenvalue weighted by Crippen LogP contribution is -2.12. The Balaban J connectivity index is 1.53. The van der Waals surface area contributed by atoms with Crippen LogP contribution >= 0.6 is 0 Å². The van der Waals surface area contributed by atoms with Gasteiger partial charge in [0.15, 0.2) is 5.58 Å². The summed E-state index contributed by atoms with van der Waals surface area (Å²) in [6.45, 7) is 4.05. The van der Waals surface area contributed by atoms with Gasteiger partial charge in [0.25, 0.3) is 5.91 Å². The van der Waals surface area contributed by atoms with Crippen LogP contribution < -0.4 is 10.1 Å². The predicted molar refractivity (Wildman–Crippen MR) is 116 cm³/mol. The van der Waals surface area contributed by atoms with Crippen LogP contribution in [0.5, 0.6) is 11.5 Å². The van der Waals surface area contributed by atoms with Crippen molar-refractivity contribution in [2.75, 3.05) is 5.32 Å². The Morgan fingerprint density at radius 2 is 1.90 bits per heavy atom. The number of oxazole rings is 1. The summed E-state index contributed by atoms with van der Waals surface area (Å²) in [7, 11) is 0. The minimum atomic E-state index is -0.265. The highest BCUT2D eigenvalue weighted by atomic mass is 16.5. The Labute approximate surface area is 174 Å². The molecule has 0 radical (unpaired) electrons. The number of carbonyl (C=O) groups excluding carboxylic acids is 1. The largest absolute Gasteiger partial charge is 0.507 e. The summed E-state index contributed by atoms with van der Waals surface area (Å²) in [5.41, 5.74) is 2.75. The van der Waals surface area contributed by atoms with E-state index in [-0.39, 0.29) is 23.7 Å². The molecule has 6 nitrogen and oxygen atoms in total. The number of aromatic hydroxyl groups is 1. The van der Waals surface area contributed by atoms with Crippen LogP contribution in [0.1, 0.15) is 30.6 Å². The molecule has 4 aromatic rings. The molecule has 0 fully saturated rings. The van der Waals surface area contributed by atoms with Crippen LogP contribution in [0.2, 0.25) is 0 Å². The number of nitrogens with zero attached hydrogens (tertiary/aromatic N) is 1. The molecule has 4 rings (SSSR count). The quantitative estimate of drug-likeness (QED) is 0.408. The van der Waals surface area contributed by atoms with Crippen molar-refractivity contribution >= 4 is 22.7 Å². The zero-order valence-corrected chi connectivity index (χ0v) is 16.8. The average molecular weight is 402 g/mol. The summed E-state index contributed by atoms with van der Waals surface area (Å²) in [5.74, 6) is 0.769. The van der Waals surface area contributed by atoms with Crippen molar-refractivity contribution in [1.29, 1.82) is 0 Å². The second-order valence-electron chi connectivity index (χ2n) is 7.03. The molecular weight excluding hydrogens is 380 g/mol. The third kappa shape index (κ3) is 4.12. The highest BCUT2D eigenvalue weighted by Gasteiger charge is 2.14. The van der Waals surface area contributed by atoms with E-state index in [9.17, 15) is 9.90 Å². The highest BCUT2D eigenvalue weighted by Crippen LogP contribution is 2.33. The third-order valence-electron chi connectivity index (χ3n) is 4.81. The average Bonchev–Trinajstić information content (AvgIpc) is 3.19. The number of amides is 1. The third-order valence-corrected chi connectivity index (χ3v) is 4.81. The van der Waals surface area contributed by atoms with E-state index in [1.54, 1.807) is 36.4 Å². The molecule has 0 aliphatic rings. The summed E-state index contributed by atoms with van der Waals surface area (Å²) < 4.78 is 11.5. The van der Waals surface area contributed by atoms with Crippen LogP contribution in [0.25, 0.3) is 22.6 Å². The van der Waals surface area contributed by atoms with Crippen LogP contribution in [0, 0.1) is 0 Å². The maximum atomic E-state index is 12.6. The molecular formula is C24H22N2O4. The number of carbonyl (C=O) groups is 1. The lowest BCUT2D eigenvalue weighted by Gasteiger charge is -2.13. The maximum absolute atomic E-state index is 12.6. The zero-order chi connectivity index (χ0) is 21.1. The molecule has 3 aromatic carbocycles. The second kappa shape index (κ2) is 8.29. The van der Waals surface area contributed by atoms with Gasteiger partial charge in [-0.2, -0.15) is 0 Å². The monoisotopic (exact) mass is 402 g/mol. The fraction of sp³-hybridized carbons (Fsp3) is 0.167. The summed E-state index contributed by atoms with van der Waals surface area (Å²) in [6, 6.07) is 19.1. The predicted octanol–water partition coefficient (Wildman–Crippen LogP) is 5.63. The SMILES string of the molecule is CC[C@@H](C)Oc1ccc(C(=O)Nc2ccc(O)c(-c3nc4ccccc4o3)c2)cc1. The van der Waals surface area contributed by atoms with Crippen LogP contribution in [-0.4, -0.2) is 22.1 Å². The molecule has 6 heteroatoms. The lowest BCUT2D eigenvalue weighted by molar-refractivity contribution is 0.102. The number of benzene rings is 3. The van der Waals surface area contributed by atoms with Crippen molar-refractivity contribution < 1.29 is 19.1 Å². The smallest absolute Gasteiger partial charge is 0.255 e. The molecule has 0 bridgehead atoms. The Morgan fingerprint density at radius 3 is 2.63 bits per heavy atom. The normalized spacial score (nSPS) is 11.9. The van der Waals surface area contributed by atoms with Gasteiger partial charge in [0.05, 0.1) is 11.7 Å². The number of phenolic OH excluding ortho intramolecular Hbond substituents is 1. The first-order valence-electron chi connectivity index (χ1n) is 9.80. The van der Waals surface area contributed by atoms with Crippen LogP contribution in [0.3, 0.4) is 0 Å². The molecule has 0 aliphatic heterocycles. The van der Waals surface area contributed by atoms with Gasteiger partial charge >= 0.3 is 0 Å². The maximum Gasteiger partial charge on any atom is 0.255 e. The molecule has 1 amide bonds. The number of nitrogens with one attached hydrogen (secondary N) is 1. The van der Waals surface area contributed by atoms with Gasteiger partial charge in [-0.3, -0.25) is 4.79 Å². The number of fused-ring (bicyclic) bond motifs is 1. The Morgan fingerprint density at radius 1 is 1.13 bits per heavy atom. The van der Waals surface area contributed by atoms with Crippen molar-refractivity contribution in [1.82, 2.24) is 4.98 Å². The van der Waals surface area contributed by atoms with E-state index in [0.717, 1.165) is 12.2 Å². The summed E-state index contributed by atoms with van der Waals surface area (Å²) >= 11 is 0. The molecule has 1 aromatic heterocycles. The Bertz CT molecular complexity index is 1150. The van der Waals surface area contributed by atoms with Gasteiger partial charge in [-0.25, -0.2) is 4.98 Å². The van der Waals surface area contributed by atoms with Crippen molar-refractivity contribution in [3.05, 3.63) is 72.3 Å². The number of ether oxygens (including phenoxy) is 1. The van der Waals surface area contributed by atoms with Gasteiger partial charge in [0.2, 0.25) is 5.89 Å². The fourth-order valence-electron chi connectivity index (χ4n) is 2.98. The molecule has 0 saturated heterocycles. The second-order valence-corrected chi connectivity index (χ2v) is 7.03. The summed E-state index contributed by atoms with van der Waals surface area (Å²) in [6.07, 6.45) is 1.03. The zero-order valence-electron chi connectivity index (χ0n) is 16.8. The van der Waals surface area contributed by atoms with Crippen LogP contribution in [0.15, 0.2) is 71.1 Å². The van der Waals surface area contributed by atoms with E-state index in [1.807, 2.05) is 31.2 Å². The molecule has 152 valence electrons. The molecule has 0 aliphatic carbocycles. The molecule has 0 unspecified atom stereocenters. The van der Waals surface area contributed by atoms with E-state index in [4.69, 9.17) is 9.15 Å². The number of rotatable bonds is 6. The number of para-hydroxylation sites is 2. The number of hydrogen-bond donors (Lipinski definition) is 2. The van der Waals surface area contributed by atoms with Crippen LogP contribution in [-0.2, 0) is 0 Å². The first-order chi connectivity index (χ1) is 14.5. The van der Waals surface area contributed by atoms with Gasteiger partial charge in [-0.05, 0) is 67.9 Å². The van der Waals surface area contributed by atoms with Crippen LogP contribution in [0.4, 0.5) is 5.69 Å². The molecule has 2 N–H and O–H groups in total. The molecule has 1 atom stereocenters. The van der Waals surface area contributed by atoms with Gasteiger partial charge in [-0.1, -0.05) is 19.1 Å².